The molecule has 0 amide bonds. The Labute approximate surface area is 129 Å². The lowest BCUT2D eigenvalue weighted by Crippen LogP contribution is -2.26. The second-order valence-corrected chi connectivity index (χ2v) is 6.19. The fraction of sp³-hybridized carbons (Fsp3) is 0.438. The van der Waals surface area contributed by atoms with Gasteiger partial charge in [0.1, 0.15) is 5.01 Å². The minimum absolute atomic E-state index is 0.0662. The second kappa shape index (κ2) is 6.66. The van der Waals surface area contributed by atoms with Gasteiger partial charge in [-0.05, 0) is 6.92 Å². The molecule has 1 fully saturated rings. The molecule has 0 saturated carbocycles. The Morgan fingerprint density at radius 2 is 2.14 bits per heavy atom. The number of ether oxygens (including phenoxy) is 1. The monoisotopic (exact) mass is 304 g/mol. The predicted molar refractivity (Wildman–Crippen MR) is 84.2 cm³/mol. The number of aliphatic hydroxyl groups excluding tert-OH is 1. The van der Waals surface area contributed by atoms with E-state index in [9.17, 15) is 5.11 Å². The van der Waals surface area contributed by atoms with Crippen molar-refractivity contribution in [2.24, 2.45) is 0 Å². The average Bonchev–Trinajstić information content (AvgIpc) is 3.08. The summed E-state index contributed by atoms with van der Waals surface area (Å²) in [5.41, 5.74) is 2.17. The molecule has 1 saturated heterocycles. The van der Waals surface area contributed by atoms with Crippen LogP contribution in [0.2, 0.25) is 0 Å². The quantitative estimate of drug-likeness (QED) is 0.921. The van der Waals surface area contributed by atoms with Crippen LogP contribution in [0.15, 0.2) is 35.7 Å². The van der Waals surface area contributed by atoms with Crippen LogP contribution >= 0.6 is 11.3 Å². The molecule has 1 aliphatic rings. The van der Waals surface area contributed by atoms with E-state index in [0.717, 1.165) is 29.4 Å². The molecule has 0 bridgehead atoms. The molecule has 1 aromatic carbocycles. The first-order chi connectivity index (χ1) is 10.3. The van der Waals surface area contributed by atoms with Crippen LogP contribution in [0.1, 0.15) is 11.9 Å². The minimum atomic E-state index is -0.390. The summed E-state index contributed by atoms with van der Waals surface area (Å²) in [7, 11) is 0. The highest BCUT2D eigenvalue weighted by atomic mass is 32.1. The van der Waals surface area contributed by atoms with Gasteiger partial charge in [-0.3, -0.25) is 4.90 Å². The summed E-state index contributed by atoms with van der Waals surface area (Å²) in [4.78, 5) is 6.90. The number of aromatic nitrogens is 1. The van der Waals surface area contributed by atoms with Crippen molar-refractivity contribution in [1.29, 1.82) is 0 Å². The van der Waals surface area contributed by atoms with Gasteiger partial charge in [0.25, 0.3) is 0 Å². The second-order valence-electron chi connectivity index (χ2n) is 5.25. The average molecular weight is 304 g/mol. The molecule has 0 spiro atoms. The molecule has 21 heavy (non-hydrogen) atoms. The molecular weight excluding hydrogens is 284 g/mol. The Balaban J connectivity index is 1.63. The van der Waals surface area contributed by atoms with E-state index in [4.69, 9.17) is 9.72 Å². The van der Waals surface area contributed by atoms with Gasteiger partial charge in [-0.1, -0.05) is 30.3 Å². The lowest BCUT2D eigenvalue weighted by atomic mass is 10.2. The molecule has 1 aromatic heterocycles. The maximum absolute atomic E-state index is 9.97. The number of rotatable bonds is 5. The zero-order valence-corrected chi connectivity index (χ0v) is 12.9. The van der Waals surface area contributed by atoms with E-state index in [1.165, 1.54) is 0 Å². The molecule has 0 unspecified atom stereocenters. The van der Waals surface area contributed by atoms with Gasteiger partial charge in [0, 0.05) is 30.6 Å². The van der Waals surface area contributed by atoms with Crippen LogP contribution in [-0.4, -0.2) is 46.9 Å². The first-order valence-electron chi connectivity index (χ1n) is 7.28. The number of likely N-dealkylation sites (tertiary alicyclic amines) is 1. The summed E-state index contributed by atoms with van der Waals surface area (Å²) in [6, 6.07) is 10.2. The SMILES string of the molecule is CCO[C@@H]1CN(Cc2nc(-c3ccccc3)cs2)C[C@H]1O. The van der Waals surface area contributed by atoms with Crippen molar-refractivity contribution >= 4 is 11.3 Å². The standard InChI is InChI=1S/C16H20N2O2S/c1-2-20-15-9-18(8-14(15)19)10-16-17-13(11-21-16)12-6-4-3-5-7-12/h3-7,11,14-15,19H,2,8-10H2,1H3/t14-,15-/m1/s1. The first-order valence-corrected chi connectivity index (χ1v) is 8.16. The number of nitrogens with zero attached hydrogens (tertiary/aromatic N) is 2. The number of benzene rings is 1. The first kappa shape index (κ1) is 14.7. The van der Waals surface area contributed by atoms with Crippen LogP contribution in [0.4, 0.5) is 0 Å². The predicted octanol–water partition coefficient (Wildman–Crippen LogP) is 2.39. The van der Waals surface area contributed by atoms with E-state index in [1.807, 2.05) is 25.1 Å². The van der Waals surface area contributed by atoms with E-state index in [0.29, 0.717) is 13.2 Å². The molecule has 1 N–H and O–H groups in total. The van der Waals surface area contributed by atoms with E-state index in [1.54, 1.807) is 11.3 Å². The highest BCUT2D eigenvalue weighted by Gasteiger charge is 2.31. The highest BCUT2D eigenvalue weighted by molar-refractivity contribution is 7.09. The lowest BCUT2D eigenvalue weighted by Gasteiger charge is -2.13. The van der Waals surface area contributed by atoms with Crippen molar-refractivity contribution < 1.29 is 9.84 Å². The third-order valence-corrected chi connectivity index (χ3v) is 4.51. The molecule has 4 nitrogen and oxygen atoms in total. The maximum Gasteiger partial charge on any atom is 0.107 e. The Bertz CT molecular complexity index is 573. The van der Waals surface area contributed by atoms with Crippen LogP contribution in [0.5, 0.6) is 0 Å². The van der Waals surface area contributed by atoms with Crippen molar-refractivity contribution in [2.45, 2.75) is 25.7 Å². The Morgan fingerprint density at radius 3 is 2.90 bits per heavy atom. The zero-order valence-electron chi connectivity index (χ0n) is 12.1. The summed E-state index contributed by atoms with van der Waals surface area (Å²) in [6.45, 7) is 4.81. The molecule has 1 aliphatic heterocycles. The summed E-state index contributed by atoms with van der Waals surface area (Å²) in [5, 5.41) is 13.1. The third-order valence-electron chi connectivity index (χ3n) is 3.67. The Kier molecular flexibility index (Phi) is 4.65. The number of thiazole rings is 1. The highest BCUT2D eigenvalue weighted by Crippen LogP contribution is 2.24. The van der Waals surface area contributed by atoms with E-state index < -0.39 is 6.10 Å². The fourth-order valence-electron chi connectivity index (χ4n) is 2.66. The van der Waals surface area contributed by atoms with Crippen LogP contribution in [0.3, 0.4) is 0 Å². The van der Waals surface area contributed by atoms with Crippen LogP contribution in [-0.2, 0) is 11.3 Å². The van der Waals surface area contributed by atoms with E-state index in [-0.39, 0.29) is 6.10 Å². The molecular formula is C16H20N2O2S. The van der Waals surface area contributed by atoms with Gasteiger partial charge in [0.05, 0.1) is 24.4 Å². The van der Waals surface area contributed by atoms with Gasteiger partial charge in [-0.25, -0.2) is 4.98 Å². The van der Waals surface area contributed by atoms with Crippen LogP contribution in [0.25, 0.3) is 11.3 Å². The molecule has 2 atom stereocenters. The van der Waals surface area contributed by atoms with Crippen molar-refractivity contribution in [1.82, 2.24) is 9.88 Å². The molecule has 2 aromatic rings. The van der Waals surface area contributed by atoms with Crippen molar-refractivity contribution in [2.75, 3.05) is 19.7 Å². The molecule has 5 heteroatoms. The number of hydrogen-bond acceptors (Lipinski definition) is 5. The molecule has 2 heterocycles. The maximum atomic E-state index is 9.97. The molecule has 112 valence electrons. The molecule has 0 aliphatic carbocycles. The normalized spacial score (nSPS) is 22.8. The van der Waals surface area contributed by atoms with Gasteiger partial charge in [0.2, 0.25) is 0 Å². The summed E-state index contributed by atoms with van der Waals surface area (Å²) in [6.07, 6.45) is -0.456. The van der Waals surface area contributed by atoms with Gasteiger partial charge in [0.15, 0.2) is 0 Å². The number of aliphatic hydroxyl groups is 1. The van der Waals surface area contributed by atoms with E-state index in [2.05, 4.69) is 22.4 Å². The zero-order chi connectivity index (χ0) is 14.7. The van der Waals surface area contributed by atoms with Gasteiger partial charge < -0.3 is 9.84 Å². The minimum Gasteiger partial charge on any atom is -0.389 e. The molecule has 3 rings (SSSR count). The fourth-order valence-corrected chi connectivity index (χ4v) is 3.50. The van der Waals surface area contributed by atoms with E-state index >= 15 is 0 Å². The summed E-state index contributed by atoms with van der Waals surface area (Å²) >= 11 is 1.67. The summed E-state index contributed by atoms with van der Waals surface area (Å²) in [5.74, 6) is 0. The number of hydrogen-bond donors (Lipinski definition) is 1. The lowest BCUT2D eigenvalue weighted by molar-refractivity contribution is -0.00245. The van der Waals surface area contributed by atoms with Gasteiger partial charge in [-0.15, -0.1) is 11.3 Å². The van der Waals surface area contributed by atoms with Crippen LogP contribution in [0, 0.1) is 0 Å². The third kappa shape index (κ3) is 3.49. The largest absolute Gasteiger partial charge is 0.389 e. The van der Waals surface area contributed by atoms with Gasteiger partial charge in [-0.2, -0.15) is 0 Å². The molecule has 0 radical (unpaired) electrons. The topological polar surface area (TPSA) is 45.6 Å². The smallest absolute Gasteiger partial charge is 0.107 e. The van der Waals surface area contributed by atoms with Crippen molar-refractivity contribution in [3.8, 4) is 11.3 Å². The van der Waals surface area contributed by atoms with Crippen molar-refractivity contribution in [3.63, 3.8) is 0 Å². The summed E-state index contributed by atoms with van der Waals surface area (Å²) < 4.78 is 5.55. The van der Waals surface area contributed by atoms with Crippen molar-refractivity contribution in [3.05, 3.63) is 40.7 Å². The van der Waals surface area contributed by atoms with Gasteiger partial charge >= 0.3 is 0 Å². The number of β-amino-alcohol motifs (C(OH)–C–C–N with tert-alkyl or cyclic N) is 1. The Morgan fingerprint density at radius 1 is 1.33 bits per heavy atom. The van der Waals surface area contributed by atoms with Crippen LogP contribution < -0.4 is 0 Å². The Hall–Kier alpha value is -1.27.